The van der Waals surface area contributed by atoms with Gasteiger partial charge >= 0.3 is 0 Å². The molecule has 1 fully saturated rings. The van der Waals surface area contributed by atoms with Crippen molar-refractivity contribution < 1.29 is 9.59 Å². The summed E-state index contributed by atoms with van der Waals surface area (Å²) in [5.74, 6) is -0.254. The largest absolute Gasteiger partial charge is 0.358 e. The number of hydrogen-bond acceptors (Lipinski definition) is 4. The number of thiocarbonyl (C=S) groups is 1. The van der Waals surface area contributed by atoms with Crippen molar-refractivity contribution >= 4 is 51.5 Å². The Kier molecular flexibility index (Phi) is 4.87. The lowest BCUT2D eigenvalue weighted by Gasteiger charge is -2.31. The van der Waals surface area contributed by atoms with Crippen molar-refractivity contribution in [1.29, 1.82) is 0 Å². The number of fused-ring (bicyclic) bond motifs is 1. The number of nitrogens with one attached hydrogen (secondary N) is 1. The fraction of sp³-hybridized carbons (Fsp3) is 0.438. The molecule has 2 amide bonds. The van der Waals surface area contributed by atoms with Gasteiger partial charge in [-0.3, -0.25) is 14.5 Å². The first kappa shape index (κ1) is 16.3. The number of thioether (sulfide) groups is 1. The van der Waals surface area contributed by atoms with Crippen molar-refractivity contribution in [3.05, 3.63) is 24.3 Å². The van der Waals surface area contributed by atoms with Gasteiger partial charge < -0.3 is 10.2 Å². The van der Waals surface area contributed by atoms with Crippen LogP contribution in [0.3, 0.4) is 0 Å². The van der Waals surface area contributed by atoms with Crippen LogP contribution in [0.5, 0.6) is 0 Å². The lowest BCUT2D eigenvalue weighted by molar-refractivity contribution is -0.121. The van der Waals surface area contributed by atoms with Crippen molar-refractivity contribution in [2.75, 3.05) is 29.9 Å². The van der Waals surface area contributed by atoms with Gasteiger partial charge in [-0.25, -0.2) is 0 Å². The molecule has 2 aliphatic rings. The third-order valence-electron chi connectivity index (χ3n) is 4.03. The van der Waals surface area contributed by atoms with Crippen LogP contribution in [-0.4, -0.2) is 45.9 Å². The number of carbonyl (C=O) groups is 2. The molecule has 0 bridgehead atoms. The summed E-state index contributed by atoms with van der Waals surface area (Å²) in [5.41, 5.74) is 1.42. The highest BCUT2D eigenvalue weighted by molar-refractivity contribution is 8.23. The lowest BCUT2D eigenvalue weighted by Crippen LogP contribution is -2.45. The molecule has 1 N–H and O–H groups in total. The summed E-state index contributed by atoms with van der Waals surface area (Å²) >= 11 is 6.86. The number of para-hydroxylation sites is 2. The zero-order chi connectivity index (χ0) is 16.4. The second-order valence-electron chi connectivity index (χ2n) is 5.71. The molecule has 0 spiro atoms. The molecule has 1 aromatic rings. The fourth-order valence-corrected chi connectivity index (χ4v) is 4.30. The first-order valence-corrected chi connectivity index (χ1v) is 9.01. The highest BCUT2D eigenvalue weighted by Gasteiger charge is 2.31. The molecule has 0 aromatic heterocycles. The number of anilines is 2. The normalized spacial score (nSPS) is 18.4. The number of carbonyl (C=O) groups excluding carboxylic acids is 2. The van der Waals surface area contributed by atoms with Gasteiger partial charge in [-0.1, -0.05) is 36.1 Å². The molecule has 2 aliphatic heterocycles. The highest BCUT2D eigenvalue weighted by atomic mass is 32.2. The molecule has 0 radical (unpaired) electrons. The Morgan fingerprint density at radius 1 is 1.30 bits per heavy atom. The first-order chi connectivity index (χ1) is 11.1. The molecule has 5 nitrogen and oxygen atoms in total. The van der Waals surface area contributed by atoms with E-state index in [1.807, 2.05) is 25.1 Å². The molecular formula is C16H19N3O2S2. The van der Waals surface area contributed by atoms with Crippen LogP contribution in [0.2, 0.25) is 0 Å². The summed E-state index contributed by atoms with van der Waals surface area (Å²) < 4.78 is 0.776. The van der Waals surface area contributed by atoms with E-state index in [4.69, 9.17) is 12.2 Å². The van der Waals surface area contributed by atoms with Gasteiger partial charge in [-0.05, 0) is 31.9 Å². The van der Waals surface area contributed by atoms with Crippen molar-refractivity contribution in [1.82, 2.24) is 4.90 Å². The van der Waals surface area contributed by atoms with E-state index in [-0.39, 0.29) is 23.6 Å². The molecule has 23 heavy (non-hydrogen) atoms. The molecule has 0 aliphatic carbocycles. The van der Waals surface area contributed by atoms with E-state index in [1.165, 1.54) is 11.8 Å². The maximum Gasteiger partial charge on any atom is 0.244 e. The van der Waals surface area contributed by atoms with Gasteiger partial charge in [0.05, 0.1) is 16.6 Å². The molecule has 1 atom stereocenters. The quantitative estimate of drug-likeness (QED) is 0.832. The standard InChI is InChI=1S/C16H19N3O2S2/c1-11(23-16(22)18-8-4-5-9-18)15(21)19-10-14(20)17-12-6-2-3-7-13(12)19/h2-3,6-7,11H,4-5,8-10H2,1H3,(H,17,20)/t11-/m0/s1. The third-order valence-corrected chi connectivity index (χ3v) is 5.59. The maximum absolute atomic E-state index is 12.8. The van der Waals surface area contributed by atoms with Gasteiger partial charge in [0.15, 0.2) is 0 Å². The van der Waals surface area contributed by atoms with E-state index < -0.39 is 0 Å². The molecule has 1 aromatic carbocycles. The first-order valence-electron chi connectivity index (χ1n) is 7.72. The van der Waals surface area contributed by atoms with Gasteiger partial charge in [0, 0.05) is 13.1 Å². The van der Waals surface area contributed by atoms with E-state index in [9.17, 15) is 9.59 Å². The predicted molar refractivity (Wildman–Crippen MR) is 97.9 cm³/mol. The van der Waals surface area contributed by atoms with Crippen LogP contribution in [0.1, 0.15) is 19.8 Å². The molecule has 0 unspecified atom stereocenters. The summed E-state index contributed by atoms with van der Waals surface area (Å²) in [6.45, 7) is 3.85. The maximum atomic E-state index is 12.8. The van der Waals surface area contributed by atoms with Gasteiger partial charge in [0.25, 0.3) is 0 Å². The Morgan fingerprint density at radius 3 is 2.74 bits per heavy atom. The molecular weight excluding hydrogens is 330 g/mol. The number of nitrogens with zero attached hydrogens (tertiary/aromatic N) is 2. The highest BCUT2D eigenvalue weighted by Crippen LogP contribution is 2.31. The topological polar surface area (TPSA) is 52.7 Å². The van der Waals surface area contributed by atoms with Crippen molar-refractivity contribution in [2.45, 2.75) is 25.0 Å². The Balaban J connectivity index is 1.72. The summed E-state index contributed by atoms with van der Waals surface area (Å²) in [5, 5.41) is 2.48. The fourth-order valence-electron chi connectivity index (χ4n) is 2.83. The zero-order valence-electron chi connectivity index (χ0n) is 12.9. The SMILES string of the molecule is C[C@H](SC(=S)N1CCCC1)C(=O)N1CC(=O)Nc2ccccc21. The zero-order valence-corrected chi connectivity index (χ0v) is 14.6. The average Bonchev–Trinajstić information content (AvgIpc) is 3.07. The second-order valence-corrected chi connectivity index (χ2v) is 7.68. The minimum atomic E-state index is -0.318. The number of likely N-dealkylation sites (tertiary alicyclic amines) is 1. The summed E-state index contributed by atoms with van der Waals surface area (Å²) in [4.78, 5) is 28.4. The van der Waals surface area contributed by atoms with Crippen LogP contribution < -0.4 is 10.2 Å². The van der Waals surface area contributed by atoms with Gasteiger partial charge in [-0.15, -0.1) is 0 Å². The predicted octanol–water partition coefficient (Wildman–Crippen LogP) is 2.47. The third kappa shape index (κ3) is 3.50. The Hall–Kier alpha value is -1.60. The molecule has 7 heteroatoms. The van der Waals surface area contributed by atoms with Crippen LogP contribution in [-0.2, 0) is 9.59 Å². The number of benzene rings is 1. The number of amides is 2. The minimum absolute atomic E-state index is 0.0528. The Labute approximate surface area is 145 Å². The average molecular weight is 349 g/mol. The van der Waals surface area contributed by atoms with Crippen LogP contribution in [0.25, 0.3) is 0 Å². The summed E-state index contributed by atoms with van der Waals surface area (Å²) in [6, 6.07) is 7.36. The number of hydrogen-bond donors (Lipinski definition) is 1. The molecule has 122 valence electrons. The van der Waals surface area contributed by atoms with Crippen LogP contribution >= 0.6 is 24.0 Å². The Morgan fingerprint density at radius 2 is 2.00 bits per heavy atom. The van der Waals surface area contributed by atoms with E-state index in [0.29, 0.717) is 5.69 Å². The monoisotopic (exact) mass is 349 g/mol. The molecule has 1 saturated heterocycles. The van der Waals surface area contributed by atoms with Crippen molar-refractivity contribution in [3.8, 4) is 0 Å². The minimum Gasteiger partial charge on any atom is -0.358 e. The lowest BCUT2D eigenvalue weighted by atomic mass is 10.2. The van der Waals surface area contributed by atoms with Crippen LogP contribution in [0.15, 0.2) is 24.3 Å². The van der Waals surface area contributed by atoms with Gasteiger partial charge in [0.1, 0.15) is 10.9 Å². The van der Waals surface area contributed by atoms with Crippen molar-refractivity contribution in [3.63, 3.8) is 0 Å². The van der Waals surface area contributed by atoms with Gasteiger partial charge in [0.2, 0.25) is 11.8 Å². The van der Waals surface area contributed by atoms with E-state index in [2.05, 4.69) is 10.2 Å². The Bertz CT molecular complexity index is 644. The van der Waals surface area contributed by atoms with Crippen LogP contribution in [0, 0.1) is 0 Å². The molecule has 2 heterocycles. The summed E-state index contributed by atoms with van der Waals surface area (Å²) in [7, 11) is 0. The van der Waals surface area contributed by atoms with Crippen molar-refractivity contribution in [2.24, 2.45) is 0 Å². The van der Waals surface area contributed by atoms with Gasteiger partial charge in [-0.2, -0.15) is 0 Å². The molecule has 3 rings (SSSR count). The van der Waals surface area contributed by atoms with E-state index in [0.717, 1.165) is 35.9 Å². The summed E-state index contributed by atoms with van der Waals surface area (Å²) in [6.07, 6.45) is 2.31. The van der Waals surface area contributed by atoms with E-state index in [1.54, 1.807) is 11.0 Å². The smallest absolute Gasteiger partial charge is 0.244 e. The molecule has 0 saturated carbocycles. The van der Waals surface area contributed by atoms with Crippen LogP contribution in [0.4, 0.5) is 11.4 Å². The second kappa shape index (κ2) is 6.88. The number of rotatable bonds is 2. The van der Waals surface area contributed by atoms with E-state index >= 15 is 0 Å².